The van der Waals surface area contributed by atoms with Crippen LogP contribution in [0.1, 0.15) is 32.4 Å². The summed E-state index contributed by atoms with van der Waals surface area (Å²) in [6.07, 6.45) is 6.57. The Balaban J connectivity index is 2.15. The molecule has 2 rings (SSSR count). The lowest BCUT2D eigenvalue weighted by Gasteiger charge is -2.28. The maximum atomic E-state index is 4.23. The second-order valence-electron chi connectivity index (χ2n) is 4.78. The largest absolute Gasteiger partial charge is 0.377 e. The molecule has 1 radical (unpaired) electrons. The summed E-state index contributed by atoms with van der Waals surface area (Å²) in [4.78, 5) is 2.40. The quantitative estimate of drug-likeness (QED) is 0.777. The molecule has 0 bridgehead atoms. The fourth-order valence-electron chi connectivity index (χ4n) is 2.24. The van der Waals surface area contributed by atoms with Crippen molar-refractivity contribution in [2.45, 2.75) is 26.7 Å². The highest BCUT2D eigenvalue weighted by atomic mass is 15.3. The Morgan fingerprint density at radius 3 is 2.88 bits per heavy atom. The zero-order valence-corrected chi connectivity index (χ0v) is 10.4. The van der Waals surface area contributed by atoms with Crippen LogP contribution in [0.5, 0.6) is 0 Å². The number of hydrogen-bond donors (Lipinski definition) is 0. The van der Waals surface area contributed by atoms with Gasteiger partial charge in [0.25, 0.3) is 0 Å². The Morgan fingerprint density at radius 2 is 2.25 bits per heavy atom. The molecule has 1 aliphatic heterocycles. The van der Waals surface area contributed by atoms with E-state index in [4.69, 9.17) is 0 Å². The van der Waals surface area contributed by atoms with Crippen LogP contribution in [-0.2, 0) is 7.05 Å². The van der Waals surface area contributed by atoms with Crippen LogP contribution in [0.25, 0.3) is 5.57 Å². The van der Waals surface area contributed by atoms with E-state index in [9.17, 15) is 0 Å². The molecule has 87 valence electrons. The van der Waals surface area contributed by atoms with Gasteiger partial charge in [0.1, 0.15) is 0 Å². The van der Waals surface area contributed by atoms with Crippen LogP contribution < -0.4 is 0 Å². The summed E-state index contributed by atoms with van der Waals surface area (Å²) in [6.45, 7) is 6.62. The van der Waals surface area contributed by atoms with E-state index in [1.54, 1.807) is 0 Å². The van der Waals surface area contributed by atoms with Crippen molar-refractivity contribution in [2.75, 3.05) is 13.1 Å². The molecule has 16 heavy (non-hydrogen) atoms. The van der Waals surface area contributed by atoms with E-state index in [0.717, 1.165) is 6.54 Å². The Hall–Kier alpha value is -1.25. The third-order valence-electron chi connectivity index (χ3n) is 2.90. The van der Waals surface area contributed by atoms with Gasteiger partial charge in [0, 0.05) is 32.5 Å². The van der Waals surface area contributed by atoms with E-state index in [-0.39, 0.29) is 0 Å². The Bertz CT molecular complexity index is 376. The van der Waals surface area contributed by atoms with E-state index < -0.39 is 0 Å². The minimum atomic E-state index is 1.07. The SMILES string of the molecule is C[C](C)CN1C=C(c2ccnn2C)CCC1. The molecule has 0 spiro atoms. The summed E-state index contributed by atoms with van der Waals surface area (Å²) in [5, 5.41) is 4.23. The fraction of sp³-hybridized carbons (Fsp3) is 0.538. The lowest BCUT2D eigenvalue weighted by atomic mass is 10.0. The Kier molecular flexibility index (Phi) is 3.32. The van der Waals surface area contributed by atoms with E-state index in [1.165, 1.54) is 36.6 Å². The van der Waals surface area contributed by atoms with E-state index >= 15 is 0 Å². The molecule has 0 saturated heterocycles. The van der Waals surface area contributed by atoms with E-state index in [0.29, 0.717) is 0 Å². The highest BCUT2D eigenvalue weighted by Crippen LogP contribution is 2.24. The number of aryl methyl sites for hydroxylation is 1. The molecule has 1 aromatic rings. The van der Waals surface area contributed by atoms with Crippen LogP contribution in [0.4, 0.5) is 0 Å². The second-order valence-corrected chi connectivity index (χ2v) is 4.78. The molecule has 0 N–H and O–H groups in total. The average molecular weight is 218 g/mol. The van der Waals surface area contributed by atoms with Gasteiger partial charge in [-0.1, -0.05) is 13.8 Å². The van der Waals surface area contributed by atoms with Crippen LogP contribution in [0, 0.1) is 5.92 Å². The molecule has 0 unspecified atom stereocenters. The van der Waals surface area contributed by atoms with E-state index in [2.05, 4.69) is 36.1 Å². The van der Waals surface area contributed by atoms with Crippen molar-refractivity contribution < 1.29 is 0 Å². The van der Waals surface area contributed by atoms with Crippen molar-refractivity contribution in [3.63, 3.8) is 0 Å². The minimum Gasteiger partial charge on any atom is -0.377 e. The zero-order chi connectivity index (χ0) is 11.5. The van der Waals surface area contributed by atoms with Gasteiger partial charge in [0.05, 0.1) is 5.69 Å². The van der Waals surface area contributed by atoms with Crippen LogP contribution in [0.3, 0.4) is 0 Å². The fourth-order valence-corrected chi connectivity index (χ4v) is 2.24. The maximum Gasteiger partial charge on any atom is 0.0652 e. The number of allylic oxidation sites excluding steroid dienone is 1. The van der Waals surface area contributed by atoms with Crippen molar-refractivity contribution >= 4 is 5.57 Å². The van der Waals surface area contributed by atoms with Gasteiger partial charge in [-0.2, -0.15) is 5.10 Å². The highest BCUT2D eigenvalue weighted by molar-refractivity contribution is 5.63. The van der Waals surface area contributed by atoms with Crippen LogP contribution in [-0.4, -0.2) is 27.8 Å². The summed E-state index contributed by atoms with van der Waals surface area (Å²) in [5.74, 6) is 1.46. The van der Waals surface area contributed by atoms with E-state index in [1.807, 2.05) is 17.9 Å². The Labute approximate surface area is 97.8 Å². The smallest absolute Gasteiger partial charge is 0.0652 e. The molecule has 0 atom stereocenters. The molecule has 3 nitrogen and oxygen atoms in total. The van der Waals surface area contributed by atoms with Crippen LogP contribution in [0.2, 0.25) is 0 Å². The summed E-state index contributed by atoms with van der Waals surface area (Å²) in [7, 11) is 2.01. The molecule has 3 heteroatoms. The molecule has 1 aromatic heterocycles. The van der Waals surface area contributed by atoms with Gasteiger partial charge < -0.3 is 4.90 Å². The molecular weight excluding hydrogens is 198 g/mol. The first-order chi connectivity index (χ1) is 7.66. The van der Waals surface area contributed by atoms with Crippen molar-refractivity contribution in [1.29, 1.82) is 0 Å². The first-order valence-corrected chi connectivity index (χ1v) is 5.89. The van der Waals surface area contributed by atoms with Gasteiger partial charge in [-0.05, 0) is 30.4 Å². The highest BCUT2D eigenvalue weighted by Gasteiger charge is 2.14. The lowest BCUT2D eigenvalue weighted by molar-refractivity contribution is 0.371. The molecular formula is C13H20N3. The average Bonchev–Trinajstić information content (AvgIpc) is 2.64. The third-order valence-corrected chi connectivity index (χ3v) is 2.90. The van der Waals surface area contributed by atoms with Gasteiger partial charge >= 0.3 is 0 Å². The molecule has 0 aliphatic carbocycles. The Morgan fingerprint density at radius 1 is 1.44 bits per heavy atom. The van der Waals surface area contributed by atoms with Gasteiger partial charge in [-0.3, -0.25) is 4.68 Å². The minimum absolute atomic E-state index is 1.07. The molecule has 0 fully saturated rings. The maximum absolute atomic E-state index is 4.23. The lowest BCUT2D eigenvalue weighted by Crippen LogP contribution is -2.26. The standard InChI is InChI=1S/C13H20N3/c1-11(2)9-16-8-4-5-12(10-16)13-6-7-14-15(13)3/h6-7,10H,4-5,8-9H2,1-3H3. The van der Waals surface area contributed by atoms with Crippen LogP contribution >= 0.6 is 0 Å². The van der Waals surface area contributed by atoms with Crippen molar-refractivity contribution in [3.05, 3.63) is 30.1 Å². The predicted molar refractivity (Wildman–Crippen MR) is 66.6 cm³/mol. The third kappa shape index (κ3) is 2.46. The van der Waals surface area contributed by atoms with Crippen LogP contribution in [0.15, 0.2) is 18.5 Å². The molecule has 0 aromatic carbocycles. The normalized spacial score (nSPS) is 16.8. The van der Waals surface area contributed by atoms with Gasteiger partial charge in [-0.25, -0.2) is 0 Å². The number of nitrogens with zero attached hydrogens (tertiary/aromatic N) is 3. The molecule has 2 heterocycles. The molecule has 1 aliphatic rings. The van der Waals surface area contributed by atoms with Gasteiger partial charge in [-0.15, -0.1) is 0 Å². The molecule has 0 amide bonds. The number of hydrogen-bond acceptors (Lipinski definition) is 2. The summed E-state index contributed by atoms with van der Waals surface area (Å²) < 4.78 is 1.96. The second kappa shape index (κ2) is 4.73. The van der Waals surface area contributed by atoms with Gasteiger partial charge in [0.15, 0.2) is 0 Å². The zero-order valence-electron chi connectivity index (χ0n) is 10.4. The van der Waals surface area contributed by atoms with Crippen molar-refractivity contribution in [2.24, 2.45) is 7.05 Å². The van der Waals surface area contributed by atoms with Crippen molar-refractivity contribution in [3.8, 4) is 0 Å². The predicted octanol–water partition coefficient (Wildman–Crippen LogP) is 2.47. The van der Waals surface area contributed by atoms with Crippen molar-refractivity contribution in [1.82, 2.24) is 14.7 Å². The molecule has 0 saturated carbocycles. The number of aromatic nitrogens is 2. The first kappa shape index (κ1) is 11.2. The summed E-state index contributed by atoms with van der Waals surface area (Å²) in [5.41, 5.74) is 2.66. The number of rotatable bonds is 3. The summed E-state index contributed by atoms with van der Waals surface area (Å²) >= 11 is 0. The summed E-state index contributed by atoms with van der Waals surface area (Å²) in [6, 6.07) is 2.10. The topological polar surface area (TPSA) is 21.1 Å². The first-order valence-electron chi connectivity index (χ1n) is 5.89. The van der Waals surface area contributed by atoms with Gasteiger partial charge in [0.2, 0.25) is 0 Å². The monoisotopic (exact) mass is 218 g/mol.